The van der Waals surface area contributed by atoms with Gasteiger partial charge in [-0.3, -0.25) is 25.3 Å². The third-order valence-corrected chi connectivity index (χ3v) is 13.6. The first-order valence-corrected chi connectivity index (χ1v) is 13.1. The average Bonchev–Trinajstić information content (AvgIpc) is 2.47. The van der Waals surface area contributed by atoms with Crippen LogP contribution < -0.4 is 0 Å². The quantitative estimate of drug-likeness (QED) is 0.670. The van der Waals surface area contributed by atoms with Crippen LogP contribution in [-0.4, -0.2) is 42.0 Å². The highest BCUT2D eigenvalue weighted by molar-refractivity contribution is 8.29. The first-order valence-electron chi connectivity index (χ1n) is 8.13. The third kappa shape index (κ3) is 4.10. The summed E-state index contributed by atoms with van der Waals surface area (Å²) in [7, 11) is -13.0. The second kappa shape index (κ2) is 7.00. The standard InChI is InChI=1S/C14H25O6S3/c1-21(15,16)14(22(17,18)12-8-4-2-5-9-12)23(19,20)13-10-6-3-7-11-13/h12-13H,2-11H2,1H3/q-1. The van der Waals surface area contributed by atoms with Crippen LogP contribution in [0.25, 0.3) is 0 Å². The summed E-state index contributed by atoms with van der Waals surface area (Å²) < 4.78 is 74.3. The molecule has 9 heteroatoms. The molecular weight excluding hydrogens is 360 g/mol. The Morgan fingerprint density at radius 2 is 0.913 bits per heavy atom. The van der Waals surface area contributed by atoms with E-state index in [1.54, 1.807) is 0 Å². The molecule has 6 nitrogen and oxygen atoms in total. The largest absolute Gasteiger partial charge is 0.260 e. The summed E-state index contributed by atoms with van der Waals surface area (Å²) >= 11 is 0. The molecule has 0 atom stereocenters. The molecule has 0 aromatic heterocycles. The van der Waals surface area contributed by atoms with E-state index in [-0.39, 0.29) is 0 Å². The Morgan fingerprint density at radius 1 is 0.609 bits per heavy atom. The van der Waals surface area contributed by atoms with Gasteiger partial charge in [-0.15, -0.1) is 0 Å². The second-order valence-electron chi connectivity index (χ2n) is 6.63. The Labute approximate surface area is 139 Å². The van der Waals surface area contributed by atoms with Gasteiger partial charge in [-0.2, -0.15) is 0 Å². The fourth-order valence-electron chi connectivity index (χ4n) is 3.61. The van der Waals surface area contributed by atoms with E-state index in [1.807, 2.05) is 0 Å². The van der Waals surface area contributed by atoms with E-state index < -0.39 is 43.9 Å². The summed E-state index contributed by atoms with van der Waals surface area (Å²) in [5.74, 6) is 0. The molecule has 0 unspecified atom stereocenters. The predicted octanol–water partition coefficient (Wildman–Crippen LogP) is 1.97. The smallest absolute Gasteiger partial charge is 0.0574 e. The van der Waals surface area contributed by atoms with Crippen molar-refractivity contribution in [2.75, 3.05) is 6.26 Å². The lowest BCUT2D eigenvalue weighted by atomic mass is 10.0. The molecule has 0 amide bonds. The number of hydrogen-bond donors (Lipinski definition) is 0. The van der Waals surface area contributed by atoms with Crippen molar-refractivity contribution in [1.29, 1.82) is 0 Å². The fourth-order valence-corrected chi connectivity index (χ4v) is 12.4. The number of sulfone groups is 3. The molecular formula is C14H25O6S3-. The van der Waals surface area contributed by atoms with E-state index in [0.29, 0.717) is 57.6 Å². The molecule has 0 N–H and O–H groups in total. The first kappa shape index (κ1) is 19.2. The normalized spacial score (nSPS) is 23.2. The van der Waals surface area contributed by atoms with Crippen molar-refractivity contribution in [1.82, 2.24) is 0 Å². The Balaban J connectivity index is 2.45. The van der Waals surface area contributed by atoms with Crippen molar-refractivity contribution in [2.45, 2.75) is 74.7 Å². The van der Waals surface area contributed by atoms with Crippen LogP contribution in [0.5, 0.6) is 0 Å². The van der Waals surface area contributed by atoms with Crippen molar-refractivity contribution in [3.8, 4) is 0 Å². The molecule has 23 heavy (non-hydrogen) atoms. The Bertz CT molecular complexity index is 660. The summed E-state index contributed by atoms with van der Waals surface area (Å²) in [5.41, 5.74) is 0. The molecule has 0 aliphatic heterocycles. The van der Waals surface area contributed by atoms with Crippen LogP contribution in [0, 0.1) is 3.91 Å². The van der Waals surface area contributed by atoms with Gasteiger partial charge in [-0.25, -0.2) is 0 Å². The summed E-state index contributed by atoms with van der Waals surface area (Å²) in [6.07, 6.45) is 6.57. The van der Waals surface area contributed by atoms with Crippen molar-refractivity contribution in [3.63, 3.8) is 0 Å². The lowest BCUT2D eigenvalue weighted by Gasteiger charge is -2.38. The molecule has 2 fully saturated rings. The van der Waals surface area contributed by atoms with Gasteiger partial charge >= 0.3 is 0 Å². The maximum absolute atomic E-state index is 12.8. The first-order chi connectivity index (χ1) is 10.6. The highest BCUT2D eigenvalue weighted by atomic mass is 32.3. The van der Waals surface area contributed by atoms with Gasteiger partial charge in [0.05, 0.1) is 29.5 Å². The predicted molar refractivity (Wildman–Crippen MR) is 89.7 cm³/mol. The maximum Gasteiger partial charge on any atom is 0.0574 e. The zero-order valence-electron chi connectivity index (χ0n) is 13.4. The molecule has 2 rings (SSSR count). The zero-order valence-corrected chi connectivity index (χ0v) is 15.8. The van der Waals surface area contributed by atoms with Gasteiger partial charge in [0.15, 0.2) is 0 Å². The van der Waals surface area contributed by atoms with Crippen LogP contribution >= 0.6 is 0 Å². The van der Waals surface area contributed by atoms with Gasteiger partial charge in [-0.05, 0) is 25.7 Å². The van der Waals surface area contributed by atoms with Gasteiger partial charge in [0.25, 0.3) is 0 Å². The summed E-state index contributed by atoms with van der Waals surface area (Å²) in [5, 5.41) is -1.78. The van der Waals surface area contributed by atoms with Crippen molar-refractivity contribution < 1.29 is 25.3 Å². The van der Waals surface area contributed by atoms with Crippen LogP contribution in [-0.2, 0) is 29.5 Å². The second-order valence-corrected chi connectivity index (χ2v) is 13.7. The van der Waals surface area contributed by atoms with Crippen LogP contribution in [0.2, 0.25) is 0 Å². The molecule has 2 aliphatic carbocycles. The lowest BCUT2D eigenvalue weighted by molar-refractivity contribution is 0.480. The molecule has 0 spiro atoms. The van der Waals surface area contributed by atoms with Gasteiger partial charge in [0.1, 0.15) is 0 Å². The van der Waals surface area contributed by atoms with E-state index in [9.17, 15) is 25.3 Å². The molecule has 2 aliphatic rings. The fraction of sp³-hybridized carbons (Fsp3) is 0.929. The van der Waals surface area contributed by atoms with Gasteiger partial charge in [0, 0.05) is 20.7 Å². The Kier molecular flexibility index (Phi) is 5.83. The van der Waals surface area contributed by atoms with Crippen molar-refractivity contribution in [2.24, 2.45) is 0 Å². The van der Waals surface area contributed by atoms with Crippen LogP contribution in [0.3, 0.4) is 0 Å². The van der Waals surface area contributed by atoms with E-state index in [2.05, 4.69) is 0 Å². The average molecular weight is 386 g/mol. The molecule has 0 aromatic rings. The van der Waals surface area contributed by atoms with Crippen LogP contribution in [0.1, 0.15) is 64.2 Å². The Morgan fingerprint density at radius 3 is 1.17 bits per heavy atom. The summed E-state index contributed by atoms with van der Waals surface area (Å²) in [4.78, 5) is 0. The topological polar surface area (TPSA) is 102 Å². The molecule has 0 heterocycles. The van der Waals surface area contributed by atoms with E-state index in [1.165, 1.54) is 0 Å². The zero-order chi connectivity index (χ0) is 17.3. The highest BCUT2D eigenvalue weighted by Crippen LogP contribution is 2.39. The van der Waals surface area contributed by atoms with Crippen molar-refractivity contribution >= 4 is 29.5 Å². The SMILES string of the molecule is CS(=O)(=O)[C-](S(=O)(=O)C1CCCCC1)S(=O)(=O)C1CCCCC1. The minimum Gasteiger partial charge on any atom is -0.260 e. The van der Waals surface area contributed by atoms with Crippen LogP contribution in [0.15, 0.2) is 0 Å². The third-order valence-electron chi connectivity index (χ3n) is 4.75. The molecule has 0 radical (unpaired) electrons. The summed E-state index contributed by atoms with van der Waals surface area (Å²) in [6.45, 7) is 0. The van der Waals surface area contributed by atoms with Gasteiger partial charge in [-0.1, -0.05) is 38.5 Å². The minimum absolute atomic E-state index is 0.335. The number of hydrogen-bond acceptors (Lipinski definition) is 6. The highest BCUT2D eigenvalue weighted by Gasteiger charge is 2.41. The monoisotopic (exact) mass is 385 g/mol. The van der Waals surface area contributed by atoms with E-state index >= 15 is 0 Å². The van der Waals surface area contributed by atoms with Gasteiger partial charge < -0.3 is 0 Å². The summed E-state index contributed by atoms with van der Waals surface area (Å²) in [6, 6.07) is 0. The van der Waals surface area contributed by atoms with Gasteiger partial charge in [0.2, 0.25) is 0 Å². The van der Waals surface area contributed by atoms with E-state index in [0.717, 1.165) is 12.8 Å². The Hall–Kier alpha value is -0.150. The van der Waals surface area contributed by atoms with Crippen molar-refractivity contribution in [3.05, 3.63) is 3.91 Å². The molecule has 0 bridgehead atoms. The van der Waals surface area contributed by atoms with E-state index in [4.69, 9.17) is 0 Å². The lowest BCUT2D eigenvalue weighted by Crippen LogP contribution is -2.41. The molecule has 0 saturated heterocycles. The molecule has 136 valence electrons. The number of rotatable bonds is 5. The molecule has 0 aromatic carbocycles. The minimum atomic E-state index is -4.35. The molecule has 2 saturated carbocycles. The maximum atomic E-state index is 12.8. The van der Waals surface area contributed by atoms with Crippen LogP contribution in [0.4, 0.5) is 0 Å².